The summed E-state index contributed by atoms with van der Waals surface area (Å²) in [5.74, 6) is -0.0162. The van der Waals surface area contributed by atoms with Crippen molar-refractivity contribution in [2.45, 2.75) is 12.3 Å². The lowest BCUT2D eigenvalue weighted by Gasteiger charge is -2.15. The molecule has 2 aromatic carbocycles. The van der Waals surface area contributed by atoms with Crippen molar-refractivity contribution in [1.29, 1.82) is 0 Å². The normalized spacial score (nSPS) is 12.3. The lowest BCUT2D eigenvalue weighted by molar-refractivity contribution is -0.137. The summed E-state index contributed by atoms with van der Waals surface area (Å²) in [6.45, 7) is -0.392. The summed E-state index contributed by atoms with van der Waals surface area (Å²) in [6, 6.07) is 10.8. The molecule has 0 fully saturated rings. The van der Waals surface area contributed by atoms with E-state index in [1.54, 1.807) is 24.3 Å². The van der Waals surface area contributed by atoms with Crippen molar-refractivity contribution in [3.8, 4) is 5.75 Å². The molecule has 26 heavy (non-hydrogen) atoms. The minimum atomic E-state index is -4.47. The molecule has 2 rings (SSSR count). The monoisotopic (exact) mass is 432 g/mol. The fourth-order valence-corrected chi connectivity index (χ4v) is 2.36. The van der Waals surface area contributed by atoms with Crippen LogP contribution in [0.1, 0.15) is 5.56 Å². The number of urea groups is 1. The Morgan fingerprint density at radius 1 is 1.19 bits per heavy atom. The number of aliphatic hydroxyl groups is 1. The van der Waals surface area contributed by atoms with Crippen LogP contribution < -0.4 is 15.4 Å². The largest absolute Gasteiger partial charge is 0.491 e. The average Bonchev–Trinajstić information content (AvgIpc) is 2.58. The van der Waals surface area contributed by atoms with Crippen LogP contribution in [-0.4, -0.2) is 30.4 Å². The van der Waals surface area contributed by atoms with Crippen LogP contribution in [0.15, 0.2) is 53.0 Å². The summed E-state index contributed by atoms with van der Waals surface area (Å²) < 4.78 is 43.8. The maximum absolute atomic E-state index is 12.6. The second kappa shape index (κ2) is 8.91. The van der Waals surface area contributed by atoms with Crippen LogP contribution in [0.3, 0.4) is 0 Å². The van der Waals surface area contributed by atoms with E-state index in [-0.39, 0.29) is 18.9 Å². The molecule has 1 unspecified atom stereocenters. The van der Waals surface area contributed by atoms with Crippen LogP contribution >= 0.6 is 15.9 Å². The second-order valence-electron chi connectivity index (χ2n) is 5.34. The first-order chi connectivity index (χ1) is 12.2. The van der Waals surface area contributed by atoms with Crippen LogP contribution in [0.2, 0.25) is 0 Å². The van der Waals surface area contributed by atoms with Gasteiger partial charge in [-0.1, -0.05) is 28.1 Å². The second-order valence-corrected chi connectivity index (χ2v) is 6.25. The van der Waals surface area contributed by atoms with Crippen molar-refractivity contribution in [2.75, 3.05) is 18.5 Å². The number of carbonyl (C=O) groups is 1. The molecular formula is C17H16BrF3N2O3. The van der Waals surface area contributed by atoms with E-state index >= 15 is 0 Å². The maximum atomic E-state index is 12.6. The number of carbonyl (C=O) groups excluding carboxylic acids is 1. The lowest BCUT2D eigenvalue weighted by Crippen LogP contribution is -2.37. The molecule has 0 heterocycles. The van der Waals surface area contributed by atoms with E-state index in [1.165, 1.54) is 12.1 Å². The molecule has 1 atom stereocenters. The summed E-state index contributed by atoms with van der Waals surface area (Å²) in [6.07, 6.45) is -5.55. The lowest BCUT2D eigenvalue weighted by atomic mass is 10.2. The van der Waals surface area contributed by atoms with Gasteiger partial charge in [-0.05, 0) is 36.4 Å². The topological polar surface area (TPSA) is 70.6 Å². The number of aliphatic hydroxyl groups excluding tert-OH is 1. The Hall–Kier alpha value is -2.26. The number of rotatable bonds is 6. The third-order valence-corrected chi connectivity index (χ3v) is 3.68. The molecule has 140 valence electrons. The first-order valence-electron chi connectivity index (χ1n) is 7.52. The molecule has 0 saturated carbocycles. The number of hydrogen-bond acceptors (Lipinski definition) is 3. The maximum Gasteiger partial charge on any atom is 0.416 e. The third kappa shape index (κ3) is 6.57. The molecule has 3 N–H and O–H groups in total. The van der Waals surface area contributed by atoms with Crippen LogP contribution in [0.5, 0.6) is 5.75 Å². The zero-order valence-electron chi connectivity index (χ0n) is 13.4. The number of hydrogen-bond donors (Lipinski definition) is 3. The van der Waals surface area contributed by atoms with E-state index in [1.807, 2.05) is 0 Å². The molecule has 2 amide bonds. The molecule has 0 radical (unpaired) electrons. The summed E-state index contributed by atoms with van der Waals surface area (Å²) >= 11 is 3.28. The van der Waals surface area contributed by atoms with Gasteiger partial charge in [0.1, 0.15) is 18.5 Å². The molecule has 9 heteroatoms. The number of alkyl halides is 3. The third-order valence-electron chi connectivity index (χ3n) is 3.18. The highest BCUT2D eigenvalue weighted by Gasteiger charge is 2.30. The van der Waals surface area contributed by atoms with Gasteiger partial charge < -0.3 is 20.5 Å². The Morgan fingerprint density at radius 2 is 1.92 bits per heavy atom. The Kier molecular flexibility index (Phi) is 6.87. The fraction of sp³-hybridized carbons (Fsp3) is 0.235. The Balaban J connectivity index is 1.77. The summed E-state index contributed by atoms with van der Waals surface area (Å²) in [4.78, 5) is 11.7. The number of anilines is 1. The summed E-state index contributed by atoms with van der Waals surface area (Å²) in [5, 5.41) is 14.8. The Bertz CT molecular complexity index is 756. The number of halogens is 4. The van der Waals surface area contributed by atoms with Gasteiger partial charge in [0, 0.05) is 16.7 Å². The fourth-order valence-electron chi connectivity index (χ4n) is 1.97. The van der Waals surface area contributed by atoms with E-state index in [2.05, 4.69) is 26.6 Å². The molecule has 0 aliphatic rings. The van der Waals surface area contributed by atoms with E-state index in [4.69, 9.17) is 4.74 Å². The Labute approximate surface area is 156 Å². The van der Waals surface area contributed by atoms with Crippen molar-refractivity contribution in [3.05, 3.63) is 58.6 Å². The van der Waals surface area contributed by atoms with Crippen LogP contribution in [0.25, 0.3) is 0 Å². The molecule has 0 aliphatic carbocycles. The smallest absolute Gasteiger partial charge is 0.416 e. The highest BCUT2D eigenvalue weighted by molar-refractivity contribution is 9.10. The van der Waals surface area contributed by atoms with Crippen molar-refractivity contribution >= 4 is 27.6 Å². The first-order valence-corrected chi connectivity index (χ1v) is 8.32. The van der Waals surface area contributed by atoms with Gasteiger partial charge in [0.2, 0.25) is 0 Å². The predicted molar refractivity (Wildman–Crippen MR) is 94.1 cm³/mol. The molecule has 5 nitrogen and oxygen atoms in total. The van der Waals surface area contributed by atoms with Gasteiger partial charge in [-0.15, -0.1) is 0 Å². The van der Waals surface area contributed by atoms with E-state index in [9.17, 15) is 23.1 Å². The zero-order chi connectivity index (χ0) is 19.2. The molecule has 2 aromatic rings. The van der Waals surface area contributed by atoms with Gasteiger partial charge in [-0.25, -0.2) is 4.79 Å². The van der Waals surface area contributed by atoms with Gasteiger partial charge in [0.25, 0.3) is 0 Å². The Morgan fingerprint density at radius 3 is 2.62 bits per heavy atom. The van der Waals surface area contributed by atoms with E-state index in [0.717, 1.165) is 16.6 Å². The number of nitrogens with one attached hydrogen (secondary N) is 2. The predicted octanol–water partition coefficient (Wildman–Crippen LogP) is 4.03. The molecule has 0 bridgehead atoms. The average molecular weight is 433 g/mol. The van der Waals surface area contributed by atoms with Crippen molar-refractivity contribution < 1.29 is 27.8 Å². The minimum Gasteiger partial charge on any atom is -0.491 e. The minimum absolute atomic E-state index is 0.0162. The van der Waals surface area contributed by atoms with Gasteiger partial charge in [0.15, 0.2) is 0 Å². The SMILES string of the molecule is O=C(NCC(O)COc1cccc(C(F)(F)F)c1)Nc1cccc(Br)c1. The first kappa shape index (κ1) is 20.1. The van der Waals surface area contributed by atoms with E-state index < -0.39 is 23.9 Å². The number of amides is 2. The molecule has 0 saturated heterocycles. The van der Waals surface area contributed by atoms with E-state index in [0.29, 0.717) is 5.69 Å². The van der Waals surface area contributed by atoms with Gasteiger partial charge in [-0.2, -0.15) is 13.2 Å². The van der Waals surface area contributed by atoms with Crippen LogP contribution in [0.4, 0.5) is 23.7 Å². The van der Waals surface area contributed by atoms with Crippen molar-refractivity contribution in [2.24, 2.45) is 0 Å². The van der Waals surface area contributed by atoms with Crippen LogP contribution in [-0.2, 0) is 6.18 Å². The molecule has 0 aliphatic heterocycles. The standard InChI is InChI=1S/C17H16BrF3N2O3/c18-12-4-2-5-13(8-12)23-16(25)22-9-14(24)10-26-15-6-1-3-11(7-15)17(19,20)21/h1-8,14,24H,9-10H2,(H2,22,23,25). The molecule has 0 spiro atoms. The molecular weight excluding hydrogens is 417 g/mol. The van der Waals surface area contributed by atoms with Crippen molar-refractivity contribution in [3.63, 3.8) is 0 Å². The van der Waals surface area contributed by atoms with Gasteiger partial charge in [0.05, 0.1) is 5.56 Å². The summed E-state index contributed by atoms with van der Waals surface area (Å²) in [5.41, 5.74) is -0.275. The molecule has 0 aromatic heterocycles. The van der Waals surface area contributed by atoms with Crippen molar-refractivity contribution in [1.82, 2.24) is 5.32 Å². The number of benzene rings is 2. The highest BCUT2D eigenvalue weighted by Crippen LogP contribution is 2.31. The van der Waals surface area contributed by atoms with Gasteiger partial charge in [-0.3, -0.25) is 0 Å². The zero-order valence-corrected chi connectivity index (χ0v) is 15.0. The van der Waals surface area contributed by atoms with Gasteiger partial charge >= 0.3 is 12.2 Å². The number of ether oxygens (including phenoxy) is 1. The quantitative estimate of drug-likeness (QED) is 0.645. The highest BCUT2D eigenvalue weighted by atomic mass is 79.9. The van der Waals surface area contributed by atoms with Crippen LogP contribution in [0, 0.1) is 0 Å². The summed E-state index contributed by atoms with van der Waals surface area (Å²) in [7, 11) is 0.